The van der Waals surface area contributed by atoms with Gasteiger partial charge in [0.05, 0.1) is 0 Å². The lowest BCUT2D eigenvalue weighted by molar-refractivity contribution is 0.101. The van der Waals surface area contributed by atoms with Crippen molar-refractivity contribution in [2.75, 3.05) is 0 Å². The monoisotopic (exact) mass is 658 g/mol. The van der Waals surface area contributed by atoms with Gasteiger partial charge >= 0.3 is 0 Å². The van der Waals surface area contributed by atoms with E-state index >= 15 is 0 Å². The molecule has 254 valence electrons. The van der Waals surface area contributed by atoms with Gasteiger partial charge in [-0.1, -0.05) is 142 Å². The molecule has 11 rings (SSSR count). The molecule has 11 aliphatic rings. The lowest BCUT2D eigenvalue weighted by Crippen LogP contribution is -2.30. The van der Waals surface area contributed by atoms with E-state index < -0.39 is 0 Å². The van der Waals surface area contributed by atoms with Crippen molar-refractivity contribution in [2.45, 2.75) is 78.4 Å². The van der Waals surface area contributed by atoms with Crippen LogP contribution in [0.1, 0.15) is 66.2 Å². The van der Waals surface area contributed by atoms with E-state index in [1.807, 2.05) is 0 Å². The highest BCUT2D eigenvalue weighted by Gasteiger charge is 2.54. The SMILES string of the molecule is CC1(C)C2=C(CCC(C3=CC=CC4C5=C(OC34)C3=C(CC5)C4C=CC=C(C5=CC=C6C7C=CC=CC7C(C)(C)C6C5)C4O3)C2)C2C=CC=CC21. The molecular formula is C48H50O2. The number of hydrogen-bond donors (Lipinski definition) is 0. The van der Waals surface area contributed by atoms with Crippen LogP contribution in [-0.4, -0.2) is 12.2 Å². The van der Waals surface area contributed by atoms with Gasteiger partial charge in [-0.2, -0.15) is 0 Å². The topological polar surface area (TPSA) is 18.5 Å². The Morgan fingerprint density at radius 1 is 0.560 bits per heavy atom. The van der Waals surface area contributed by atoms with Crippen LogP contribution < -0.4 is 0 Å². The summed E-state index contributed by atoms with van der Waals surface area (Å²) in [4.78, 5) is 0. The normalized spacial score (nSPS) is 41.5. The summed E-state index contributed by atoms with van der Waals surface area (Å²) in [5, 5.41) is 0. The molecule has 2 heteroatoms. The maximum atomic E-state index is 7.19. The van der Waals surface area contributed by atoms with Crippen molar-refractivity contribution in [3.8, 4) is 0 Å². The summed E-state index contributed by atoms with van der Waals surface area (Å²) in [5.41, 5.74) is 12.9. The molecule has 1 fully saturated rings. The smallest absolute Gasteiger partial charge is 0.162 e. The van der Waals surface area contributed by atoms with Crippen molar-refractivity contribution >= 4 is 0 Å². The standard InChI is InChI=1S/C48H50O2/c1-47(2)39-17-7-5-11-31(39)33-21-19-27(25-41(33)47)29-13-9-15-35-37-23-24-38-36-16-10-14-30(44(36)50-46(38)45(37)49-43(29)35)28-20-22-34-32-12-6-8-18-40(32)48(3,4)42(34)26-28/h5-19,21,28,31-32,35-36,39-41,43-44H,20,22-26H2,1-4H3. The fourth-order valence-corrected chi connectivity index (χ4v) is 12.8. The Labute approximate surface area is 298 Å². The van der Waals surface area contributed by atoms with Gasteiger partial charge in [0, 0.05) is 23.7 Å². The van der Waals surface area contributed by atoms with Crippen molar-refractivity contribution < 1.29 is 9.47 Å². The Bertz CT molecular complexity index is 2010. The highest BCUT2D eigenvalue weighted by atomic mass is 16.5. The molecule has 0 amide bonds. The molecule has 10 atom stereocenters. The molecule has 0 N–H and O–H groups in total. The second-order valence-electron chi connectivity index (χ2n) is 18.1. The summed E-state index contributed by atoms with van der Waals surface area (Å²) in [6, 6.07) is 0. The van der Waals surface area contributed by atoms with Crippen molar-refractivity contribution in [3.63, 3.8) is 0 Å². The molecule has 50 heavy (non-hydrogen) atoms. The largest absolute Gasteiger partial charge is 0.481 e. The third-order valence-corrected chi connectivity index (χ3v) is 15.4. The Kier molecular flexibility index (Phi) is 6.22. The van der Waals surface area contributed by atoms with Crippen molar-refractivity contribution in [1.82, 2.24) is 0 Å². The summed E-state index contributed by atoms with van der Waals surface area (Å²) in [5.74, 6) is 6.22. The first-order chi connectivity index (χ1) is 24.3. The minimum Gasteiger partial charge on any atom is -0.481 e. The Hall–Kier alpha value is -3.78. The van der Waals surface area contributed by atoms with Gasteiger partial charge in [0.25, 0.3) is 0 Å². The van der Waals surface area contributed by atoms with Gasteiger partial charge in [0.15, 0.2) is 11.5 Å². The second kappa shape index (κ2) is 10.4. The zero-order chi connectivity index (χ0) is 33.5. The number of allylic oxidation sites excluding steroid dienone is 17. The fraction of sp³-hybridized carbons (Fsp3) is 0.458. The van der Waals surface area contributed by atoms with E-state index in [0.717, 1.165) is 30.8 Å². The second-order valence-corrected chi connectivity index (χ2v) is 18.1. The maximum Gasteiger partial charge on any atom is 0.162 e. The van der Waals surface area contributed by atoms with Crippen molar-refractivity contribution in [3.05, 3.63) is 153 Å². The van der Waals surface area contributed by atoms with Gasteiger partial charge in [-0.3, -0.25) is 0 Å². The van der Waals surface area contributed by atoms with E-state index in [2.05, 4.69) is 125 Å². The van der Waals surface area contributed by atoms with Crippen LogP contribution in [0.2, 0.25) is 0 Å². The van der Waals surface area contributed by atoms with E-state index in [0.29, 0.717) is 47.3 Å². The van der Waals surface area contributed by atoms with E-state index in [9.17, 15) is 0 Å². The minimum absolute atomic E-state index is 0.0429. The van der Waals surface area contributed by atoms with Crippen LogP contribution in [0.25, 0.3) is 0 Å². The molecule has 0 aromatic heterocycles. The molecule has 0 saturated heterocycles. The quantitative estimate of drug-likeness (QED) is 0.275. The summed E-state index contributed by atoms with van der Waals surface area (Å²) in [6.07, 6.45) is 45.1. The molecule has 2 aliphatic heterocycles. The zero-order valence-electron chi connectivity index (χ0n) is 30.1. The molecule has 0 radical (unpaired) electrons. The Morgan fingerprint density at radius 2 is 1.22 bits per heavy atom. The van der Waals surface area contributed by atoms with Gasteiger partial charge in [-0.25, -0.2) is 0 Å². The third-order valence-electron chi connectivity index (χ3n) is 15.4. The van der Waals surface area contributed by atoms with Gasteiger partial charge in [-0.15, -0.1) is 0 Å². The Balaban J connectivity index is 0.851. The molecule has 2 nitrogen and oxygen atoms in total. The lowest BCUT2D eigenvalue weighted by Gasteiger charge is -2.36. The van der Waals surface area contributed by atoms with Gasteiger partial charge in [0.2, 0.25) is 0 Å². The van der Waals surface area contributed by atoms with Crippen LogP contribution in [0.3, 0.4) is 0 Å². The van der Waals surface area contributed by atoms with Crippen molar-refractivity contribution in [1.29, 1.82) is 0 Å². The van der Waals surface area contributed by atoms with Crippen molar-refractivity contribution in [2.24, 2.45) is 58.2 Å². The first-order valence-corrected chi connectivity index (χ1v) is 19.7. The molecule has 0 bridgehead atoms. The summed E-state index contributed by atoms with van der Waals surface area (Å²) in [6.45, 7) is 9.99. The fourth-order valence-electron chi connectivity index (χ4n) is 12.8. The van der Waals surface area contributed by atoms with E-state index in [1.54, 1.807) is 16.7 Å². The minimum atomic E-state index is 0.0429. The van der Waals surface area contributed by atoms with Crippen LogP contribution in [0.15, 0.2) is 153 Å². The third kappa shape index (κ3) is 3.92. The molecule has 0 spiro atoms. The number of rotatable bonds is 2. The molecule has 9 aliphatic carbocycles. The van der Waals surface area contributed by atoms with Crippen LogP contribution in [0, 0.1) is 58.2 Å². The van der Waals surface area contributed by atoms with Crippen LogP contribution in [0.5, 0.6) is 0 Å². The van der Waals surface area contributed by atoms with Gasteiger partial charge in [0.1, 0.15) is 12.2 Å². The summed E-state index contributed by atoms with van der Waals surface area (Å²) < 4.78 is 14.4. The predicted octanol–water partition coefficient (Wildman–Crippen LogP) is 11.1. The number of ether oxygens (including phenoxy) is 2. The summed E-state index contributed by atoms with van der Waals surface area (Å²) in [7, 11) is 0. The molecule has 2 heterocycles. The van der Waals surface area contributed by atoms with E-state index in [-0.39, 0.29) is 23.0 Å². The number of fused-ring (bicyclic) bond motifs is 10. The maximum absolute atomic E-state index is 7.19. The number of hydrogen-bond acceptors (Lipinski definition) is 2. The predicted molar refractivity (Wildman–Crippen MR) is 201 cm³/mol. The Morgan fingerprint density at radius 3 is 2.02 bits per heavy atom. The first-order valence-electron chi connectivity index (χ1n) is 19.7. The summed E-state index contributed by atoms with van der Waals surface area (Å²) >= 11 is 0. The highest BCUT2D eigenvalue weighted by molar-refractivity contribution is 5.55. The average Bonchev–Trinajstić information content (AvgIpc) is 3.84. The lowest BCUT2D eigenvalue weighted by atomic mass is 9.69. The molecule has 0 aromatic carbocycles. The first kappa shape index (κ1) is 29.9. The van der Waals surface area contributed by atoms with E-state index in [4.69, 9.17) is 9.47 Å². The van der Waals surface area contributed by atoms with Crippen LogP contribution in [-0.2, 0) is 9.47 Å². The van der Waals surface area contributed by atoms with Gasteiger partial charge in [-0.05, 0) is 101 Å². The molecule has 1 saturated carbocycles. The van der Waals surface area contributed by atoms with Crippen LogP contribution in [0.4, 0.5) is 0 Å². The molecule has 0 aromatic rings. The average molecular weight is 659 g/mol. The highest BCUT2D eigenvalue weighted by Crippen LogP contribution is 2.62. The van der Waals surface area contributed by atoms with Crippen LogP contribution >= 0.6 is 0 Å². The zero-order valence-corrected chi connectivity index (χ0v) is 30.1. The molecule has 10 unspecified atom stereocenters. The van der Waals surface area contributed by atoms with Gasteiger partial charge < -0.3 is 9.47 Å². The van der Waals surface area contributed by atoms with E-state index in [1.165, 1.54) is 47.1 Å². The molecular weight excluding hydrogens is 609 g/mol.